The molecule has 0 saturated heterocycles. The van der Waals surface area contributed by atoms with Gasteiger partial charge >= 0.3 is 5.97 Å². The zero-order valence-corrected chi connectivity index (χ0v) is 15.5. The van der Waals surface area contributed by atoms with Gasteiger partial charge in [-0.2, -0.15) is 0 Å². The summed E-state index contributed by atoms with van der Waals surface area (Å²) in [6.07, 6.45) is -0.143. The molecular formula is C17H15ClN2O2S2. The molecule has 1 atom stereocenters. The van der Waals surface area contributed by atoms with E-state index < -0.39 is 12.0 Å². The average molecular weight is 379 g/mol. The first-order valence-electron chi connectivity index (χ1n) is 7.33. The number of aliphatic carboxylic acids is 1. The van der Waals surface area contributed by atoms with E-state index in [-0.39, 0.29) is 6.42 Å². The van der Waals surface area contributed by atoms with E-state index in [4.69, 9.17) is 33.9 Å². The lowest BCUT2D eigenvalue weighted by Crippen LogP contribution is -2.26. The zero-order chi connectivity index (χ0) is 17.4. The van der Waals surface area contributed by atoms with Crippen LogP contribution < -0.4 is 5.32 Å². The highest BCUT2D eigenvalue weighted by Gasteiger charge is 2.28. The molecule has 1 aliphatic heterocycles. The van der Waals surface area contributed by atoms with Gasteiger partial charge in [0.2, 0.25) is 0 Å². The summed E-state index contributed by atoms with van der Waals surface area (Å²) < 4.78 is 0. The van der Waals surface area contributed by atoms with Crippen LogP contribution in [0.2, 0.25) is 5.02 Å². The number of halogens is 1. The molecule has 2 heterocycles. The van der Waals surface area contributed by atoms with Gasteiger partial charge < -0.3 is 10.4 Å². The Labute approximate surface area is 154 Å². The number of anilines is 1. The van der Waals surface area contributed by atoms with Crippen LogP contribution >= 0.6 is 35.2 Å². The largest absolute Gasteiger partial charge is 0.481 e. The molecule has 0 amide bonds. The van der Waals surface area contributed by atoms with Gasteiger partial charge in [0.05, 0.1) is 12.1 Å². The van der Waals surface area contributed by atoms with Crippen molar-refractivity contribution in [2.75, 3.05) is 5.32 Å². The van der Waals surface area contributed by atoms with E-state index in [0.29, 0.717) is 10.0 Å². The van der Waals surface area contributed by atoms with Crippen molar-refractivity contribution < 1.29 is 9.90 Å². The van der Waals surface area contributed by atoms with Crippen molar-refractivity contribution in [3.63, 3.8) is 0 Å². The van der Waals surface area contributed by atoms with Crippen molar-refractivity contribution in [2.45, 2.75) is 26.3 Å². The number of hydrogen-bond acceptors (Lipinski definition) is 4. The van der Waals surface area contributed by atoms with Crippen LogP contribution in [0.3, 0.4) is 0 Å². The van der Waals surface area contributed by atoms with Crippen LogP contribution in [0, 0.1) is 13.8 Å². The first kappa shape index (κ1) is 17.1. The second kappa shape index (κ2) is 6.63. The highest BCUT2D eigenvalue weighted by atomic mass is 35.5. The van der Waals surface area contributed by atoms with Crippen molar-refractivity contribution in [3.05, 3.63) is 50.9 Å². The number of thiocarbonyl (C=S) groups is 1. The summed E-state index contributed by atoms with van der Waals surface area (Å²) in [4.78, 5) is 17.5. The highest BCUT2D eigenvalue weighted by Crippen LogP contribution is 2.37. The molecule has 0 spiro atoms. The van der Waals surface area contributed by atoms with Crippen LogP contribution in [0.5, 0.6) is 0 Å². The number of thiophene rings is 1. The number of rotatable bonds is 3. The van der Waals surface area contributed by atoms with E-state index in [9.17, 15) is 4.79 Å². The van der Waals surface area contributed by atoms with Crippen LogP contribution in [-0.2, 0) is 4.79 Å². The Morgan fingerprint density at radius 1 is 1.38 bits per heavy atom. The van der Waals surface area contributed by atoms with Crippen LogP contribution in [0.1, 0.15) is 28.0 Å². The minimum Gasteiger partial charge on any atom is -0.481 e. The SMILES string of the molecule is Cc1sc2c(c1C)C(c1ccc(Cl)cc1)=N[C@H](CC(=O)O)C(=S)N2. The van der Waals surface area contributed by atoms with Gasteiger partial charge in [0, 0.05) is 21.0 Å². The lowest BCUT2D eigenvalue weighted by molar-refractivity contribution is -0.137. The fourth-order valence-electron chi connectivity index (χ4n) is 2.60. The minimum atomic E-state index is -0.929. The van der Waals surface area contributed by atoms with Crippen LogP contribution in [-0.4, -0.2) is 27.8 Å². The third-order valence-electron chi connectivity index (χ3n) is 3.93. The van der Waals surface area contributed by atoms with Gasteiger partial charge in [-0.1, -0.05) is 36.0 Å². The van der Waals surface area contributed by atoms with E-state index in [1.54, 1.807) is 23.5 Å². The summed E-state index contributed by atoms with van der Waals surface area (Å²) in [7, 11) is 0. The molecule has 7 heteroatoms. The fourth-order valence-corrected chi connectivity index (χ4v) is 4.11. The van der Waals surface area contributed by atoms with Crippen molar-refractivity contribution in [1.29, 1.82) is 0 Å². The molecule has 0 bridgehead atoms. The third kappa shape index (κ3) is 3.22. The monoisotopic (exact) mass is 378 g/mol. The Hall–Kier alpha value is -1.76. The zero-order valence-electron chi connectivity index (χ0n) is 13.1. The number of fused-ring (bicyclic) bond motifs is 1. The minimum absolute atomic E-state index is 0.143. The number of aliphatic imine (C=N–C) groups is 1. The molecule has 0 saturated carbocycles. The summed E-state index contributed by atoms with van der Waals surface area (Å²) in [6.45, 7) is 4.09. The molecule has 2 N–H and O–H groups in total. The molecule has 1 aromatic heterocycles. The predicted molar refractivity (Wildman–Crippen MR) is 103 cm³/mol. The molecule has 1 aromatic carbocycles. The van der Waals surface area contributed by atoms with Gasteiger partial charge in [0.1, 0.15) is 16.0 Å². The molecule has 4 nitrogen and oxygen atoms in total. The maximum Gasteiger partial charge on any atom is 0.305 e. The molecule has 0 aliphatic carbocycles. The van der Waals surface area contributed by atoms with Crippen molar-refractivity contribution in [2.24, 2.45) is 4.99 Å². The van der Waals surface area contributed by atoms with Crippen LogP contribution in [0.4, 0.5) is 5.00 Å². The molecule has 0 unspecified atom stereocenters. The van der Waals surface area contributed by atoms with Gasteiger partial charge in [0.15, 0.2) is 0 Å². The Bertz CT molecular complexity index is 856. The molecular weight excluding hydrogens is 364 g/mol. The second-order valence-corrected chi connectivity index (χ2v) is 7.68. The highest BCUT2D eigenvalue weighted by molar-refractivity contribution is 7.80. The summed E-state index contributed by atoms with van der Waals surface area (Å²) in [5.74, 6) is -0.929. The number of aryl methyl sites for hydroxylation is 1. The van der Waals surface area contributed by atoms with Gasteiger partial charge in [-0.05, 0) is 31.5 Å². The Balaban J connectivity index is 2.20. The predicted octanol–water partition coefficient (Wildman–Crippen LogP) is 4.45. The van der Waals surface area contributed by atoms with E-state index in [1.807, 2.05) is 26.0 Å². The molecule has 0 radical (unpaired) electrons. The second-order valence-electron chi connectivity index (χ2n) is 5.57. The third-order valence-corrected chi connectivity index (χ3v) is 5.68. The summed E-state index contributed by atoms with van der Waals surface area (Å²) >= 11 is 13.0. The fraction of sp³-hybridized carbons (Fsp3) is 0.235. The Morgan fingerprint density at radius 3 is 2.67 bits per heavy atom. The lowest BCUT2D eigenvalue weighted by atomic mass is 10.00. The maximum absolute atomic E-state index is 11.2. The summed E-state index contributed by atoms with van der Waals surface area (Å²) in [5, 5.41) is 13.9. The number of benzene rings is 1. The van der Waals surface area contributed by atoms with Crippen LogP contribution in [0.25, 0.3) is 0 Å². The molecule has 124 valence electrons. The lowest BCUT2D eigenvalue weighted by Gasteiger charge is -2.11. The number of nitrogens with one attached hydrogen (secondary N) is 1. The number of nitrogens with zero attached hydrogens (tertiary/aromatic N) is 1. The van der Waals surface area contributed by atoms with E-state index >= 15 is 0 Å². The van der Waals surface area contributed by atoms with Gasteiger partial charge in [-0.25, -0.2) is 0 Å². The van der Waals surface area contributed by atoms with Gasteiger partial charge in [-0.3, -0.25) is 9.79 Å². The number of carbonyl (C=O) groups is 1. The molecule has 24 heavy (non-hydrogen) atoms. The molecule has 0 fully saturated rings. The smallest absolute Gasteiger partial charge is 0.305 e. The Kier molecular flexibility index (Phi) is 4.71. The topological polar surface area (TPSA) is 61.7 Å². The molecule has 2 aromatic rings. The van der Waals surface area contributed by atoms with Crippen molar-refractivity contribution in [3.8, 4) is 0 Å². The average Bonchev–Trinajstić information content (AvgIpc) is 2.71. The first-order chi connectivity index (χ1) is 11.4. The van der Waals surface area contributed by atoms with Gasteiger partial charge in [-0.15, -0.1) is 11.3 Å². The maximum atomic E-state index is 11.2. The standard InChI is InChI=1S/C17H15ClN2O2S2/c1-8-9(2)24-17-14(8)15(10-3-5-11(18)6-4-10)19-12(7-13(21)22)16(23)20-17/h3-6,12H,7H2,1-2H3,(H,20,23)(H,21,22)/t12-/m1/s1. The van der Waals surface area contributed by atoms with Crippen molar-refractivity contribution >= 4 is 56.8 Å². The molecule has 1 aliphatic rings. The number of hydrogen-bond donors (Lipinski definition) is 2. The van der Waals surface area contributed by atoms with E-state index in [2.05, 4.69) is 5.32 Å². The quantitative estimate of drug-likeness (QED) is 0.774. The summed E-state index contributed by atoms with van der Waals surface area (Å²) in [6, 6.07) is 6.79. The summed E-state index contributed by atoms with van der Waals surface area (Å²) in [5.41, 5.74) is 3.75. The van der Waals surface area contributed by atoms with Crippen LogP contribution in [0.15, 0.2) is 29.3 Å². The first-order valence-corrected chi connectivity index (χ1v) is 8.94. The van der Waals surface area contributed by atoms with Crippen molar-refractivity contribution in [1.82, 2.24) is 0 Å². The number of carboxylic acid groups (broad SMARTS) is 1. The normalized spacial score (nSPS) is 16.9. The number of carboxylic acids is 1. The molecule has 3 rings (SSSR count). The van der Waals surface area contributed by atoms with E-state index in [1.165, 1.54) is 4.88 Å². The van der Waals surface area contributed by atoms with E-state index in [0.717, 1.165) is 27.4 Å². The van der Waals surface area contributed by atoms with Gasteiger partial charge in [0.25, 0.3) is 0 Å². The Morgan fingerprint density at radius 2 is 2.04 bits per heavy atom.